The number of hydrogen-bond acceptors (Lipinski definition) is 2. The van der Waals surface area contributed by atoms with Crippen molar-refractivity contribution in [3.63, 3.8) is 0 Å². The van der Waals surface area contributed by atoms with Crippen molar-refractivity contribution in [1.29, 1.82) is 0 Å². The molecule has 5 heteroatoms. The van der Waals surface area contributed by atoms with E-state index >= 15 is 0 Å². The third-order valence-electron chi connectivity index (χ3n) is 2.25. The first kappa shape index (κ1) is 13.0. The first-order valence-corrected chi connectivity index (χ1v) is 7.43. The van der Waals surface area contributed by atoms with E-state index < -0.39 is 10.0 Å². The molecule has 0 unspecified atom stereocenters. The number of hydrogen-bond donors (Lipinski definition) is 0. The molecule has 0 heterocycles. The second-order valence-electron chi connectivity index (χ2n) is 3.55. The Labute approximate surface area is 114 Å². The molecule has 0 amide bonds. The molecular weight excluding hydrogens is 314 g/mol. The van der Waals surface area contributed by atoms with Gasteiger partial charge < -0.3 is 0 Å². The third-order valence-corrected chi connectivity index (χ3v) is 4.50. The molecule has 2 aromatic carbocycles. The molecule has 0 saturated carbocycles. The minimum Gasteiger partial charge on any atom is -0.199 e. The SMILES string of the molecule is O=S(=O)(/N=C/c1ccccc1)c1ccccc1Br. The van der Waals surface area contributed by atoms with Gasteiger partial charge in [-0.3, -0.25) is 0 Å². The molecule has 2 rings (SSSR count). The van der Waals surface area contributed by atoms with Crippen LogP contribution in [0.3, 0.4) is 0 Å². The van der Waals surface area contributed by atoms with Crippen molar-refractivity contribution < 1.29 is 8.42 Å². The van der Waals surface area contributed by atoms with Crippen LogP contribution in [-0.2, 0) is 10.0 Å². The molecule has 2 aromatic rings. The Hall–Kier alpha value is -1.46. The zero-order chi connectivity index (χ0) is 13.0. The highest BCUT2D eigenvalue weighted by Crippen LogP contribution is 2.22. The lowest BCUT2D eigenvalue weighted by molar-refractivity contribution is 0.597. The number of sulfonamides is 1. The molecule has 18 heavy (non-hydrogen) atoms. The molecule has 0 spiro atoms. The van der Waals surface area contributed by atoms with Crippen LogP contribution in [0.4, 0.5) is 0 Å². The summed E-state index contributed by atoms with van der Waals surface area (Å²) in [6.07, 6.45) is 1.34. The van der Waals surface area contributed by atoms with Crippen molar-refractivity contribution in [2.75, 3.05) is 0 Å². The van der Waals surface area contributed by atoms with Gasteiger partial charge in [0.05, 0.1) is 0 Å². The first-order valence-electron chi connectivity index (χ1n) is 5.19. The average molecular weight is 324 g/mol. The van der Waals surface area contributed by atoms with Crippen LogP contribution in [0.1, 0.15) is 5.56 Å². The average Bonchev–Trinajstić information content (AvgIpc) is 2.38. The predicted octanol–water partition coefficient (Wildman–Crippen LogP) is 3.26. The molecule has 0 atom stereocenters. The topological polar surface area (TPSA) is 46.5 Å². The Balaban J connectivity index is 2.34. The lowest BCUT2D eigenvalue weighted by atomic mass is 10.2. The van der Waals surface area contributed by atoms with Gasteiger partial charge in [-0.25, -0.2) is 0 Å². The van der Waals surface area contributed by atoms with Gasteiger partial charge in [0.15, 0.2) is 0 Å². The van der Waals surface area contributed by atoms with Crippen molar-refractivity contribution in [3.8, 4) is 0 Å². The number of nitrogens with zero attached hydrogens (tertiary/aromatic N) is 1. The Morgan fingerprint density at radius 1 is 0.944 bits per heavy atom. The van der Waals surface area contributed by atoms with Crippen molar-refractivity contribution in [2.45, 2.75) is 4.90 Å². The standard InChI is InChI=1S/C13H10BrNO2S/c14-12-8-4-5-9-13(12)18(16,17)15-10-11-6-2-1-3-7-11/h1-10H/b15-10+. The fourth-order valence-corrected chi connectivity index (χ4v) is 3.22. The Bertz CT molecular complexity index is 666. The smallest absolute Gasteiger partial charge is 0.199 e. The highest BCUT2D eigenvalue weighted by atomic mass is 79.9. The molecule has 0 aliphatic heterocycles. The fourth-order valence-electron chi connectivity index (χ4n) is 1.38. The summed E-state index contributed by atoms with van der Waals surface area (Å²) in [6.45, 7) is 0. The monoisotopic (exact) mass is 323 g/mol. The van der Waals surface area contributed by atoms with Gasteiger partial charge in [0.2, 0.25) is 0 Å². The van der Waals surface area contributed by atoms with E-state index in [1.54, 1.807) is 30.3 Å². The second kappa shape index (κ2) is 5.46. The van der Waals surface area contributed by atoms with Gasteiger partial charge in [-0.05, 0) is 33.6 Å². The van der Waals surface area contributed by atoms with E-state index in [1.807, 2.05) is 18.2 Å². The van der Waals surface area contributed by atoms with Crippen LogP contribution >= 0.6 is 15.9 Å². The molecule has 3 nitrogen and oxygen atoms in total. The molecule has 0 fully saturated rings. The van der Waals surface area contributed by atoms with E-state index in [-0.39, 0.29) is 4.90 Å². The summed E-state index contributed by atoms with van der Waals surface area (Å²) in [5, 5.41) is 0. The normalized spacial score (nSPS) is 11.8. The van der Waals surface area contributed by atoms with Gasteiger partial charge >= 0.3 is 0 Å². The Kier molecular flexibility index (Phi) is 3.93. The van der Waals surface area contributed by atoms with Gasteiger partial charge in [-0.1, -0.05) is 42.5 Å². The van der Waals surface area contributed by atoms with Crippen LogP contribution in [-0.4, -0.2) is 14.6 Å². The van der Waals surface area contributed by atoms with Gasteiger partial charge in [-0.2, -0.15) is 12.8 Å². The molecule has 0 aliphatic carbocycles. The van der Waals surface area contributed by atoms with Crippen LogP contribution in [0.5, 0.6) is 0 Å². The molecule has 0 bridgehead atoms. The molecule has 0 N–H and O–H groups in total. The Morgan fingerprint density at radius 3 is 2.22 bits per heavy atom. The van der Waals surface area contributed by atoms with E-state index in [0.717, 1.165) is 5.56 Å². The maximum absolute atomic E-state index is 12.0. The van der Waals surface area contributed by atoms with E-state index in [1.165, 1.54) is 12.3 Å². The van der Waals surface area contributed by atoms with Gasteiger partial charge in [0.1, 0.15) is 4.90 Å². The highest BCUT2D eigenvalue weighted by molar-refractivity contribution is 9.10. The molecule has 0 aromatic heterocycles. The quantitative estimate of drug-likeness (QED) is 0.814. The fraction of sp³-hybridized carbons (Fsp3) is 0. The van der Waals surface area contributed by atoms with Crippen LogP contribution in [0.15, 0.2) is 68.4 Å². The summed E-state index contributed by atoms with van der Waals surface area (Å²) in [5.74, 6) is 0. The van der Waals surface area contributed by atoms with E-state index in [4.69, 9.17) is 0 Å². The van der Waals surface area contributed by atoms with Crippen LogP contribution < -0.4 is 0 Å². The zero-order valence-electron chi connectivity index (χ0n) is 9.32. The molecule has 0 aliphatic rings. The van der Waals surface area contributed by atoms with Gasteiger partial charge in [0.25, 0.3) is 10.0 Å². The van der Waals surface area contributed by atoms with Crippen LogP contribution in [0.2, 0.25) is 0 Å². The number of halogens is 1. The zero-order valence-corrected chi connectivity index (χ0v) is 11.7. The summed E-state index contributed by atoms with van der Waals surface area (Å²) in [5.41, 5.74) is 0.744. The largest absolute Gasteiger partial charge is 0.283 e. The molecular formula is C13H10BrNO2S. The van der Waals surface area contributed by atoms with Crippen LogP contribution in [0.25, 0.3) is 0 Å². The number of benzene rings is 2. The lowest BCUT2D eigenvalue weighted by Gasteiger charge is -2.00. The molecule has 0 saturated heterocycles. The minimum atomic E-state index is -3.67. The highest BCUT2D eigenvalue weighted by Gasteiger charge is 2.14. The van der Waals surface area contributed by atoms with Crippen molar-refractivity contribution in [2.24, 2.45) is 4.40 Å². The van der Waals surface area contributed by atoms with E-state index in [2.05, 4.69) is 20.3 Å². The Morgan fingerprint density at radius 2 is 1.56 bits per heavy atom. The van der Waals surface area contributed by atoms with Crippen LogP contribution in [0, 0.1) is 0 Å². The van der Waals surface area contributed by atoms with E-state index in [9.17, 15) is 8.42 Å². The third kappa shape index (κ3) is 3.05. The predicted molar refractivity (Wildman–Crippen MR) is 75.4 cm³/mol. The van der Waals surface area contributed by atoms with Crippen molar-refractivity contribution >= 4 is 32.2 Å². The summed E-state index contributed by atoms with van der Waals surface area (Å²) in [7, 11) is -3.67. The second-order valence-corrected chi connectivity index (χ2v) is 6.01. The van der Waals surface area contributed by atoms with Gasteiger partial charge in [-0.15, -0.1) is 0 Å². The summed E-state index contributed by atoms with van der Waals surface area (Å²) in [4.78, 5) is 0.164. The summed E-state index contributed by atoms with van der Waals surface area (Å²) < 4.78 is 28.2. The van der Waals surface area contributed by atoms with E-state index in [0.29, 0.717) is 4.47 Å². The maximum Gasteiger partial charge on any atom is 0.283 e. The van der Waals surface area contributed by atoms with Gasteiger partial charge in [0, 0.05) is 10.7 Å². The lowest BCUT2D eigenvalue weighted by Crippen LogP contribution is -1.98. The maximum atomic E-state index is 12.0. The number of rotatable bonds is 3. The van der Waals surface area contributed by atoms with Crippen molar-refractivity contribution in [1.82, 2.24) is 0 Å². The first-order chi connectivity index (χ1) is 8.59. The minimum absolute atomic E-state index is 0.164. The molecule has 0 radical (unpaired) electrons. The summed E-state index contributed by atoms with van der Waals surface area (Å²) >= 11 is 3.21. The molecule has 92 valence electrons. The van der Waals surface area contributed by atoms with Crippen molar-refractivity contribution in [3.05, 3.63) is 64.6 Å². The summed E-state index contributed by atoms with van der Waals surface area (Å²) in [6, 6.07) is 15.7.